The summed E-state index contributed by atoms with van der Waals surface area (Å²) in [5.41, 5.74) is 1.26. The molecule has 1 aromatic carbocycles. The number of aromatic amines is 1. The first-order chi connectivity index (χ1) is 11.1. The Kier molecular flexibility index (Phi) is 4.68. The molecule has 8 heteroatoms. The molecule has 6 nitrogen and oxygen atoms in total. The molecular formula is C15H13ClN4O2S. The van der Waals surface area contributed by atoms with Crippen molar-refractivity contribution in [3.63, 3.8) is 0 Å². The monoisotopic (exact) mass is 348 g/mol. The molecule has 0 spiro atoms. The maximum atomic E-state index is 11.4. The molecule has 3 aromatic rings. The van der Waals surface area contributed by atoms with Crippen LogP contribution in [-0.2, 0) is 4.74 Å². The molecular weight excluding hydrogens is 336 g/mol. The number of nitrogens with zero attached hydrogens (tertiary/aromatic N) is 2. The molecule has 2 heterocycles. The van der Waals surface area contributed by atoms with Crippen molar-refractivity contribution in [3.05, 3.63) is 41.6 Å². The predicted molar refractivity (Wildman–Crippen MR) is 90.1 cm³/mol. The normalized spacial score (nSPS) is 10.7. The van der Waals surface area contributed by atoms with Crippen LogP contribution in [0.5, 0.6) is 0 Å². The van der Waals surface area contributed by atoms with E-state index in [4.69, 9.17) is 16.3 Å². The first-order valence-electron chi connectivity index (χ1n) is 6.87. The number of imidazole rings is 1. The summed E-state index contributed by atoms with van der Waals surface area (Å²) in [6.07, 6.45) is 1.18. The summed E-state index contributed by atoms with van der Waals surface area (Å²) in [4.78, 5) is 24.9. The molecule has 0 saturated heterocycles. The zero-order valence-electron chi connectivity index (χ0n) is 12.2. The minimum Gasteiger partial charge on any atom is -0.450 e. The van der Waals surface area contributed by atoms with Gasteiger partial charge in [0.25, 0.3) is 0 Å². The first kappa shape index (κ1) is 15.6. The summed E-state index contributed by atoms with van der Waals surface area (Å²) in [5.74, 6) is 0.305. The maximum Gasteiger partial charge on any atom is 0.413 e. The zero-order valence-corrected chi connectivity index (χ0v) is 13.7. The second-order valence-corrected chi connectivity index (χ2v) is 6.11. The van der Waals surface area contributed by atoms with E-state index in [1.807, 2.05) is 30.3 Å². The van der Waals surface area contributed by atoms with Crippen LogP contribution in [0.3, 0.4) is 0 Å². The fourth-order valence-electron chi connectivity index (χ4n) is 1.90. The lowest BCUT2D eigenvalue weighted by atomic mass is 10.4. The Balaban J connectivity index is 1.78. The van der Waals surface area contributed by atoms with E-state index in [-0.39, 0.29) is 0 Å². The van der Waals surface area contributed by atoms with Crippen LogP contribution in [0.4, 0.5) is 10.7 Å². The average molecular weight is 349 g/mol. The zero-order chi connectivity index (χ0) is 16.2. The molecule has 3 rings (SSSR count). The summed E-state index contributed by atoms with van der Waals surface area (Å²) in [5, 5.41) is 3.22. The van der Waals surface area contributed by atoms with Crippen LogP contribution in [-0.4, -0.2) is 27.7 Å². The van der Waals surface area contributed by atoms with Crippen LogP contribution >= 0.6 is 23.4 Å². The number of H-pyrrole nitrogens is 1. The standard InChI is InChI=1S/C15H13ClN4O2S/c1-2-22-15(21)20-14-18-12-7-11(8-17-13(12)19-14)23-10-5-3-9(16)4-6-10/h3-8H,2H2,1H3,(H2,17,18,19,20,21). The van der Waals surface area contributed by atoms with Gasteiger partial charge in [0, 0.05) is 21.0 Å². The van der Waals surface area contributed by atoms with Gasteiger partial charge < -0.3 is 9.72 Å². The van der Waals surface area contributed by atoms with Crippen LogP contribution in [0.2, 0.25) is 5.02 Å². The number of nitrogens with one attached hydrogen (secondary N) is 2. The molecule has 0 saturated carbocycles. The van der Waals surface area contributed by atoms with E-state index < -0.39 is 6.09 Å². The Morgan fingerprint density at radius 3 is 2.87 bits per heavy atom. The molecule has 0 aliphatic carbocycles. The van der Waals surface area contributed by atoms with Crippen molar-refractivity contribution in [3.8, 4) is 0 Å². The van der Waals surface area contributed by atoms with E-state index in [2.05, 4.69) is 20.3 Å². The molecule has 0 fully saturated rings. The van der Waals surface area contributed by atoms with E-state index in [1.54, 1.807) is 24.9 Å². The molecule has 0 atom stereocenters. The van der Waals surface area contributed by atoms with E-state index in [0.717, 1.165) is 15.3 Å². The van der Waals surface area contributed by atoms with Gasteiger partial charge in [0.05, 0.1) is 12.1 Å². The Labute approximate surface area is 141 Å². The molecule has 0 unspecified atom stereocenters. The fourth-order valence-corrected chi connectivity index (χ4v) is 2.85. The Morgan fingerprint density at radius 2 is 2.13 bits per heavy atom. The Morgan fingerprint density at radius 1 is 1.35 bits per heavy atom. The van der Waals surface area contributed by atoms with Gasteiger partial charge in [-0.3, -0.25) is 5.32 Å². The van der Waals surface area contributed by atoms with Crippen molar-refractivity contribution in [1.29, 1.82) is 0 Å². The minimum atomic E-state index is -0.553. The number of fused-ring (bicyclic) bond motifs is 1. The number of benzene rings is 1. The van der Waals surface area contributed by atoms with Crippen LogP contribution in [0.15, 0.2) is 46.3 Å². The number of hydrogen-bond donors (Lipinski definition) is 2. The summed E-state index contributed by atoms with van der Waals surface area (Å²) in [6, 6.07) is 9.49. The highest BCUT2D eigenvalue weighted by molar-refractivity contribution is 7.99. The van der Waals surface area contributed by atoms with Crippen molar-refractivity contribution in [2.75, 3.05) is 11.9 Å². The number of pyridine rings is 1. The summed E-state index contributed by atoms with van der Waals surface area (Å²) in [7, 11) is 0. The Hall–Kier alpha value is -2.25. The summed E-state index contributed by atoms with van der Waals surface area (Å²) in [6.45, 7) is 2.03. The number of carbonyl (C=O) groups excluding carboxylic acids is 1. The maximum absolute atomic E-state index is 11.4. The highest BCUT2D eigenvalue weighted by Gasteiger charge is 2.09. The molecule has 0 bridgehead atoms. The lowest BCUT2D eigenvalue weighted by molar-refractivity contribution is 0.167. The van der Waals surface area contributed by atoms with Gasteiger partial charge in [-0.2, -0.15) is 4.98 Å². The molecule has 0 aliphatic heterocycles. The van der Waals surface area contributed by atoms with Crippen molar-refractivity contribution < 1.29 is 9.53 Å². The van der Waals surface area contributed by atoms with E-state index in [0.29, 0.717) is 23.2 Å². The minimum absolute atomic E-state index is 0.298. The fraction of sp³-hybridized carbons (Fsp3) is 0.133. The molecule has 0 radical (unpaired) electrons. The van der Waals surface area contributed by atoms with Crippen LogP contribution in [0.1, 0.15) is 6.92 Å². The van der Waals surface area contributed by atoms with Crippen LogP contribution in [0, 0.1) is 0 Å². The number of anilines is 1. The van der Waals surface area contributed by atoms with Crippen molar-refractivity contribution in [2.24, 2.45) is 0 Å². The molecule has 2 N–H and O–H groups in total. The highest BCUT2D eigenvalue weighted by atomic mass is 35.5. The molecule has 1 amide bonds. The van der Waals surface area contributed by atoms with Crippen molar-refractivity contribution in [1.82, 2.24) is 15.0 Å². The van der Waals surface area contributed by atoms with E-state index in [9.17, 15) is 4.79 Å². The molecule has 0 aliphatic rings. The number of aromatic nitrogens is 3. The topological polar surface area (TPSA) is 79.9 Å². The number of hydrogen-bond acceptors (Lipinski definition) is 5. The first-order valence-corrected chi connectivity index (χ1v) is 8.06. The van der Waals surface area contributed by atoms with Gasteiger partial charge in [-0.25, -0.2) is 9.78 Å². The van der Waals surface area contributed by atoms with Gasteiger partial charge in [0.15, 0.2) is 5.65 Å². The number of carbonyl (C=O) groups is 1. The number of ether oxygens (including phenoxy) is 1. The number of rotatable bonds is 4. The van der Waals surface area contributed by atoms with Gasteiger partial charge in [0.2, 0.25) is 5.95 Å². The van der Waals surface area contributed by atoms with E-state index in [1.165, 1.54) is 0 Å². The lowest BCUT2D eigenvalue weighted by Crippen LogP contribution is -2.14. The number of amides is 1. The van der Waals surface area contributed by atoms with Crippen LogP contribution < -0.4 is 5.32 Å². The van der Waals surface area contributed by atoms with Crippen molar-refractivity contribution >= 4 is 46.6 Å². The second-order valence-electron chi connectivity index (χ2n) is 4.53. The van der Waals surface area contributed by atoms with E-state index >= 15 is 0 Å². The molecule has 23 heavy (non-hydrogen) atoms. The SMILES string of the molecule is CCOC(=O)Nc1nc2ncc(Sc3ccc(Cl)cc3)cc2[nH]1. The third-order valence-electron chi connectivity index (χ3n) is 2.86. The van der Waals surface area contributed by atoms with Gasteiger partial charge in [0.1, 0.15) is 0 Å². The largest absolute Gasteiger partial charge is 0.450 e. The van der Waals surface area contributed by atoms with Crippen LogP contribution in [0.25, 0.3) is 11.2 Å². The molecule has 2 aromatic heterocycles. The second kappa shape index (κ2) is 6.89. The third-order valence-corrected chi connectivity index (χ3v) is 4.08. The Bertz CT molecular complexity index is 835. The number of halogens is 1. The average Bonchev–Trinajstić information content (AvgIpc) is 2.91. The lowest BCUT2D eigenvalue weighted by Gasteiger charge is -2.01. The quantitative estimate of drug-likeness (QED) is 0.733. The smallest absolute Gasteiger partial charge is 0.413 e. The van der Waals surface area contributed by atoms with Gasteiger partial charge in [-0.15, -0.1) is 0 Å². The third kappa shape index (κ3) is 3.94. The van der Waals surface area contributed by atoms with Crippen molar-refractivity contribution in [2.45, 2.75) is 16.7 Å². The van der Waals surface area contributed by atoms with Gasteiger partial charge >= 0.3 is 6.09 Å². The summed E-state index contributed by atoms with van der Waals surface area (Å²) < 4.78 is 4.81. The molecule has 118 valence electrons. The van der Waals surface area contributed by atoms with Gasteiger partial charge in [-0.05, 0) is 37.3 Å². The summed E-state index contributed by atoms with van der Waals surface area (Å²) >= 11 is 7.44. The highest BCUT2D eigenvalue weighted by Crippen LogP contribution is 2.29. The predicted octanol–water partition coefficient (Wildman–Crippen LogP) is 4.33. The van der Waals surface area contributed by atoms with Gasteiger partial charge in [-0.1, -0.05) is 23.4 Å².